The second kappa shape index (κ2) is 7.37. The number of nitrogens with one attached hydrogen (secondary N) is 1. The van der Waals surface area contributed by atoms with Gasteiger partial charge in [0.1, 0.15) is 5.69 Å². The van der Waals surface area contributed by atoms with E-state index in [0.29, 0.717) is 11.4 Å². The molecule has 2 aromatic carbocycles. The Bertz CT molecular complexity index is 1010. The molecule has 3 rings (SSSR count). The molecule has 0 atom stereocenters. The Morgan fingerprint density at radius 1 is 0.962 bits per heavy atom. The molecule has 1 amide bonds. The van der Waals surface area contributed by atoms with E-state index in [9.17, 15) is 13.2 Å². The molecule has 0 spiro atoms. The molecular formula is C19H17N3O3S. The van der Waals surface area contributed by atoms with Crippen molar-refractivity contribution in [3.63, 3.8) is 0 Å². The van der Waals surface area contributed by atoms with Crippen LogP contribution in [0.15, 0.2) is 83.9 Å². The van der Waals surface area contributed by atoms with Crippen molar-refractivity contribution in [3.05, 3.63) is 84.7 Å². The van der Waals surface area contributed by atoms with E-state index in [0.717, 1.165) is 0 Å². The zero-order valence-corrected chi connectivity index (χ0v) is 14.8. The third-order valence-corrected chi connectivity index (χ3v) is 5.55. The second-order valence-corrected chi connectivity index (χ2v) is 7.47. The molecule has 1 aromatic heterocycles. The van der Waals surface area contributed by atoms with Crippen molar-refractivity contribution in [1.29, 1.82) is 0 Å². The highest BCUT2D eigenvalue weighted by atomic mass is 32.2. The van der Waals surface area contributed by atoms with Crippen LogP contribution in [-0.4, -0.2) is 26.4 Å². The first-order valence-corrected chi connectivity index (χ1v) is 9.29. The molecule has 0 unspecified atom stereocenters. The average Bonchev–Trinajstić information content (AvgIpc) is 2.69. The van der Waals surface area contributed by atoms with Crippen LogP contribution in [0.25, 0.3) is 0 Å². The molecule has 0 radical (unpaired) electrons. The molecule has 0 fully saturated rings. The molecule has 7 heteroatoms. The van der Waals surface area contributed by atoms with Gasteiger partial charge in [0, 0.05) is 18.9 Å². The number of anilines is 2. The van der Waals surface area contributed by atoms with Gasteiger partial charge in [0.2, 0.25) is 0 Å². The molecule has 3 aromatic rings. The van der Waals surface area contributed by atoms with Crippen molar-refractivity contribution in [2.45, 2.75) is 4.90 Å². The Kier molecular flexibility index (Phi) is 4.99. The molecule has 0 bridgehead atoms. The Morgan fingerprint density at radius 2 is 1.69 bits per heavy atom. The van der Waals surface area contributed by atoms with Crippen molar-refractivity contribution in [3.8, 4) is 0 Å². The Hall–Kier alpha value is -3.19. The first kappa shape index (κ1) is 17.6. The number of para-hydroxylation sites is 1. The van der Waals surface area contributed by atoms with E-state index in [4.69, 9.17) is 0 Å². The van der Waals surface area contributed by atoms with E-state index in [2.05, 4.69) is 10.3 Å². The summed E-state index contributed by atoms with van der Waals surface area (Å²) in [6, 6.07) is 19.9. The lowest BCUT2D eigenvalue weighted by Crippen LogP contribution is -2.26. The first-order chi connectivity index (χ1) is 12.5. The number of benzene rings is 2. The molecule has 132 valence electrons. The summed E-state index contributed by atoms with van der Waals surface area (Å²) in [5.74, 6) is -0.406. The summed E-state index contributed by atoms with van der Waals surface area (Å²) in [5, 5.41) is 2.66. The zero-order chi connectivity index (χ0) is 18.6. The molecule has 1 heterocycles. The third-order valence-electron chi connectivity index (χ3n) is 3.77. The number of aromatic nitrogens is 1. The molecule has 0 saturated heterocycles. The van der Waals surface area contributed by atoms with Gasteiger partial charge in [-0.15, -0.1) is 0 Å². The second-order valence-electron chi connectivity index (χ2n) is 5.51. The van der Waals surface area contributed by atoms with Gasteiger partial charge in [-0.2, -0.15) is 0 Å². The highest BCUT2D eigenvalue weighted by Crippen LogP contribution is 2.23. The van der Waals surface area contributed by atoms with Crippen LogP contribution in [0, 0.1) is 0 Å². The van der Waals surface area contributed by atoms with Gasteiger partial charge in [0.25, 0.3) is 15.9 Å². The maximum atomic E-state index is 12.8. The fourth-order valence-electron chi connectivity index (χ4n) is 2.36. The lowest BCUT2D eigenvalue weighted by molar-refractivity contribution is 0.102. The van der Waals surface area contributed by atoms with E-state index in [1.807, 2.05) is 6.07 Å². The molecule has 0 aliphatic heterocycles. The van der Waals surface area contributed by atoms with Crippen LogP contribution in [0.4, 0.5) is 11.4 Å². The fourth-order valence-corrected chi connectivity index (χ4v) is 3.60. The van der Waals surface area contributed by atoms with E-state index >= 15 is 0 Å². The third kappa shape index (κ3) is 3.73. The smallest absolute Gasteiger partial charge is 0.274 e. The molecule has 0 aliphatic carbocycles. The lowest BCUT2D eigenvalue weighted by Gasteiger charge is -2.19. The molecule has 1 N–H and O–H groups in total. The number of pyridine rings is 1. The normalized spacial score (nSPS) is 11.0. The molecule has 26 heavy (non-hydrogen) atoms. The number of carbonyl (C=O) groups excluding carboxylic acids is 1. The largest absolute Gasteiger partial charge is 0.321 e. The standard InChI is InChI=1S/C19H17N3O3S/c1-22(16-9-3-2-4-10-16)26(24,25)17-11-7-8-15(14-17)21-19(23)18-12-5-6-13-20-18/h2-14H,1H3,(H,21,23). The number of carbonyl (C=O) groups is 1. The summed E-state index contributed by atoms with van der Waals surface area (Å²) in [5.41, 5.74) is 1.18. The average molecular weight is 367 g/mol. The van der Waals surface area contributed by atoms with Crippen LogP contribution in [0.5, 0.6) is 0 Å². The summed E-state index contributed by atoms with van der Waals surface area (Å²) in [4.78, 5) is 16.3. The van der Waals surface area contributed by atoms with Crippen LogP contribution >= 0.6 is 0 Å². The van der Waals surface area contributed by atoms with Crippen LogP contribution in [0.2, 0.25) is 0 Å². The quantitative estimate of drug-likeness (QED) is 0.751. The van der Waals surface area contributed by atoms with Gasteiger partial charge >= 0.3 is 0 Å². The zero-order valence-electron chi connectivity index (χ0n) is 14.0. The molecule has 6 nitrogen and oxygen atoms in total. The Balaban J connectivity index is 1.86. The van der Waals surface area contributed by atoms with Gasteiger partial charge in [0.15, 0.2) is 0 Å². The molecule has 0 saturated carbocycles. The lowest BCUT2D eigenvalue weighted by atomic mass is 10.3. The number of sulfonamides is 1. The van der Waals surface area contributed by atoms with Crippen LogP contribution < -0.4 is 9.62 Å². The van der Waals surface area contributed by atoms with Crippen molar-refractivity contribution in [2.24, 2.45) is 0 Å². The maximum Gasteiger partial charge on any atom is 0.274 e. The van der Waals surface area contributed by atoms with Gasteiger partial charge in [-0.3, -0.25) is 14.1 Å². The van der Waals surface area contributed by atoms with Gasteiger partial charge in [-0.25, -0.2) is 8.42 Å². The van der Waals surface area contributed by atoms with Crippen molar-refractivity contribution >= 4 is 27.3 Å². The monoisotopic (exact) mass is 367 g/mol. The first-order valence-electron chi connectivity index (χ1n) is 7.85. The van der Waals surface area contributed by atoms with Gasteiger partial charge in [0.05, 0.1) is 10.6 Å². The van der Waals surface area contributed by atoms with Gasteiger partial charge in [-0.1, -0.05) is 30.3 Å². The van der Waals surface area contributed by atoms with Crippen molar-refractivity contribution in [1.82, 2.24) is 4.98 Å². The number of nitrogens with zero attached hydrogens (tertiary/aromatic N) is 2. The van der Waals surface area contributed by atoms with Gasteiger partial charge in [-0.05, 0) is 42.5 Å². The maximum absolute atomic E-state index is 12.8. The SMILES string of the molecule is CN(c1ccccc1)S(=O)(=O)c1cccc(NC(=O)c2ccccn2)c1. The fraction of sp³-hybridized carbons (Fsp3) is 0.0526. The predicted octanol–water partition coefficient (Wildman–Crippen LogP) is 3.16. The number of hydrogen-bond donors (Lipinski definition) is 1. The van der Waals surface area contributed by atoms with Crippen LogP contribution in [0.1, 0.15) is 10.5 Å². The number of amides is 1. The van der Waals surface area contributed by atoms with E-state index in [1.165, 1.54) is 29.7 Å². The summed E-state index contributed by atoms with van der Waals surface area (Å²) >= 11 is 0. The summed E-state index contributed by atoms with van der Waals surface area (Å²) in [6.07, 6.45) is 1.52. The van der Waals surface area contributed by atoms with Crippen molar-refractivity contribution in [2.75, 3.05) is 16.7 Å². The summed E-state index contributed by atoms with van der Waals surface area (Å²) in [7, 11) is -2.26. The topological polar surface area (TPSA) is 79.4 Å². The minimum atomic E-state index is -3.75. The number of hydrogen-bond acceptors (Lipinski definition) is 4. The summed E-state index contributed by atoms with van der Waals surface area (Å²) < 4.78 is 26.9. The molecule has 0 aliphatic rings. The van der Waals surface area contributed by atoms with E-state index in [1.54, 1.807) is 54.6 Å². The van der Waals surface area contributed by atoms with Crippen molar-refractivity contribution < 1.29 is 13.2 Å². The predicted molar refractivity (Wildman–Crippen MR) is 101 cm³/mol. The highest BCUT2D eigenvalue weighted by molar-refractivity contribution is 7.92. The highest BCUT2D eigenvalue weighted by Gasteiger charge is 2.21. The molecular weight excluding hydrogens is 350 g/mol. The Morgan fingerprint density at radius 3 is 2.38 bits per heavy atom. The van der Waals surface area contributed by atoms with Crippen LogP contribution in [0.3, 0.4) is 0 Å². The number of rotatable bonds is 5. The Labute approximate surface area is 152 Å². The van der Waals surface area contributed by atoms with E-state index < -0.39 is 15.9 Å². The minimum Gasteiger partial charge on any atom is -0.321 e. The van der Waals surface area contributed by atoms with E-state index in [-0.39, 0.29) is 10.6 Å². The minimum absolute atomic E-state index is 0.0858. The van der Waals surface area contributed by atoms with Gasteiger partial charge < -0.3 is 5.32 Å². The summed E-state index contributed by atoms with van der Waals surface area (Å²) in [6.45, 7) is 0. The van der Waals surface area contributed by atoms with Crippen LogP contribution in [-0.2, 0) is 10.0 Å².